The van der Waals surface area contributed by atoms with Crippen LogP contribution in [0.5, 0.6) is 0 Å². The Labute approximate surface area is 341 Å². The van der Waals surface area contributed by atoms with Gasteiger partial charge in [0.15, 0.2) is 5.16 Å². The van der Waals surface area contributed by atoms with Crippen molar-refractivity contribution in [2.75, 3.05) is 22.2 Å². The zero-order valence-electron chi connectivity index (χ0n) is 37.5. The van der Waals surface area contributed by atoms with E-state index in [1.807, 2.05) is 0 Å². The maximum Gasteiger partial charge on any atom is 0.231 e. The molecule has 5 heterocycles. The fourth-order valence-corrected chi connectivity index (χ4v) is 12.2. The number of piperidine rings is 4. The van der Waals surface area contributed by atoms with Crippen LogP contribution < -0.4 is 9.80 Å². The first-order chi connectivity index (χ1) is 25.3. The minimum absolute atomic E-state index is 0.0300. The van der Waals surface area contributed by atoms with Crippen LogP contribution >= 0.6 is 11.8 Å². The van der Waals surface area contributed by atoms with Crippen LogP contribution in [0.1, 0.15) is 162 Å². The maximum absolute atomic E-state index is 11.5. The van der Waals surface area contributed by atoms with Crippen molar-refractivity contribution in [1.82, 2.24) is 35.2 Å². The lowest BCUT2D eigenvalue weighted by Crippen LogP contribution is -2.68. The first-order valence-electron chi connectivity index (χ1n) is 20.8. The largest absolute Gasteiger partial charge is 0.396 e. The Kier molecular flexibility index (Phi) is 12.2. The predicted molar refractivity (Wildman–Crippen MR) is 222 cm³/mol. The quantitative estimate of drug-likeness (QED) is 0.159. The number of aromatic nitrogens is 3. The molecule has 56 heavy (non-hydrogen) atoms. The minimum atomic E-state index is -0.547. The molecule has 0 aliphatic carbocycles. The van der Waals surface area contributed by atoms with Gasteiger partial charge in [-0.05, 0) is 162 Å². The summed E-state index contributed by atoms with van der Waals surface area (Å²) >= 11 is 1.41. The Balaban J connectivity index is 1.77. The number of rotatable bonds is 9. The van der Waals surface area contributed by atoms with Crippen LogP contribution in [0.25, 0.3) is 0 Å². The smallest absolute Gasteiger partial charge is 0.231 e. The molecule has 14 nitrogen and oxygen atoms in total. The van der Waals surface area contributed by atoms with Crippen LogP contribution in [-0.2, 0) is 0 Å². The zero-order chi connectivity index (χ0) is 42.4. The van der Waals surface area contributed by atoms with Gasteiger partial charge in [-0.15, -0.1) is 0 Å². The van der Waals surface area contributed by atoms with Gasteiger partial charge in [-0.25, -0.2) is 0 Å². The molecule has 0 aromatic carbocycles. The van der Waals surface area contributed by atoms with Gasteiger partial charge in [-0.1, -0.05) is 11.8 Å². The van der Waals surface area contributed by atoms with Crippen LogP contribution in [0, 0.1) is 0 Å². The highest BCUT2D eigenvalue weighted by Gasteiger charge is 2.55. The molecule has 0 atom stereocenters. The van der Waals surface area contributed by atoms with Crippen molar-refractivity contribution in [1.29, 1.82) is 0 Å². The van der Waals surface area contributed by atoms with Crippen LogP contribution in [-0.4, -0.2) is 142 Å². The first-order valence-corrected chi connectivity index (χ1v) is 21.8. The molecule has 1 aromatic heterocycles. The van der Waals surface area contributed by atoms with E-state index < -0.39 is 44.3 Å². The third kappa shape index (κ3) is 8.74. The second-order valence-corrected chi connectivity index (χ2v) is 23.7. The van der Waals surface area contributed by atoms with Crippen LogP contribution in [0.2, 0.25) is 0 Å². The summed E-state index contributed by atoms with van der Waals surface area (Å²) in [6.45, 7) is 33.3. The molecule has 4 saturated heterocycles. The number of nitrogens with zero attached hydrogens (tertiary/aromatic N) is 9. The van der Waals surface area contributed by atoms with Crippen LogP contribution in [0.15, 0.2) is 5.16 Å². The highest BCUT2D eigenvalue weighted by Crippen LogP contribution is 2.48. The topological polar surface area (TPSA) is 159 Å². The number of aliphatic hydroxyl groups is 1. The average Bonchev–Trinajstić information content (AvgIpc) is 3.02. The van der Waals surface area contributed by atoms with Crippen molar-refractivity contribution in [3.8, 4) is 0 Å². The molecule has 1 aromatic rings. The number of aliphatic hydroxyl groups excluding tert-OH is 1. The van der Waals surface area contributed by atoms with Crippen molar-refractivity contribution < 1.29 is 25.9 Å². The lowest BCUT2D eigenvalue weighted by Gasteiger charge is -2.59. The summed E-state index contributed by atoms with van der Waals surface area (Å²) in [6, 6.07) is -0.238. The van der Waals surface area contributed by atoms with Gasteiger partial charge in [0.25, 0.3) is 0 Å². The van der Waals surface area contributed by atoms with E-state index in [1.54, 1.807) is 0 Å². The fraction of sp³-hybridized carbons (Fsp3) is 0.927. The van der Waals surface area contributed by atoms with E-state index in [0.29, 0.717) is 74.2 Å². The Morgan fingerprint density at radius 1 is 0.446 bits per heavy atom. The number of hydroxylamine groups is 8. The summed E-state index contributed by atoms with van der Waals surface area (Å²) in [5.74, 6) is 1.53. The van der Waals surface area contributed by atoms with Crippen molar-refractivity contribution in [3.63, 3.8) is 0 Å². The maximum atomic E-state index is 11.5. The Morgan fingerprint density at radius 3 is 0.857 bits per heavy atom. The molecule has 0 spiro atoms. The second-order valence-electron chi connectivity index (χ2n) is 22.6. The molecule has 4 aliphatic rings. The van der Waals surface area contributed by atoms with Gasteiger partial charge in [0.05, 0.1) is 6.61 Å². The molecule has 0 unspecified atom stereocenters. The van der Waals surface area contributed by atoms with Crippen molar-refractivity contribution in [3.05, 3.63) is 0 Å². The summed E-state index contributed by atoms with van der Waals surface area (Å²) in [6.07, 6.45) is 5.27. The number of hydrogen-bond donors (Lipinski definition) is 5. The molecule has 0 amide bonds. The number of anilines is 2. The molecular weight excluding hydrogens is 731 g/mol. The highest BCUT2D eigenvalue weighted by atomic mass is 32.2. The lowest BCUT2D eigenvalue weighted by molar-refractivity contribution is -0.251. The third-order valence-electron chi connectivity index (χ3n) is 13.4. The van der Waals surface area contributed by atoms with E-state index >= 15 is 0 Å². The van der Waals surface area contributed by atoms with Gasteiger partial charge in [-0.2, -0.15) is 35.2 Å². The molecule has 0 radical (unpaired) electrons. The Morgan fingerprint density at radius 2 is 0.661 bits per heavy atom. The van der Waals surface area contributed by atoms with Crippen molar-refractivity contribution in [2.24, 2.45) is 0 Å². The van der Waals surface area contributed by atoms with E-state index in [2.05, 4.69) is 121 Å². The van der Waals surface area contributed by atoms with E-state index in [9.17, 15) is 25.9 Å². The monoisotopic (exact) mass is 808 g/mol. The normalized spacial score (nSPS) is 28.7. The van der Waals surface area contributed by atoms with Crippen molar-refractivity contribution >= 4 is 23.7 Å². The van der Waals surface area contributed by atoms with E-state index in [0.717, 1.165) is 0 Å². The SMILES string of the molecule is CC1(C)CC(N(c2nc(SCCO)nc(N(C3CC(C)(C)N(O)C(C)(C)C3)C3CC(C)(C)N(O)C(C)(C)C3)n2)C2CC(C)(C)N(O)C(C)(C)C2)CC(C)(C)N1O. The van der Waals surface area contributed by atoms with Gasteiger partial charge >= 0.3 is 0 Å². The summed E-state index contributed by atoms with van der Waals surface area (Å²) in [7, 11) is 0. The number of thioether (sulfide) groups is 1. The van der Waals surface area contributed by atoms with Gasteiger partial charge in [0.1, 0.15) is 0 Å². The molecule has 4 fully saturated rings. The average molecular weight is 808 g/mol. The standard InChI is InChI=1S/C41H77N9O5S/c1-34(2)19-27(20-35(3,4)47(34)52)45(28-21-36(5,6)48(53)37(7,8)22-28)31-42-32(44-33(43-31)56-18-17-51)46(29-23-38(9,10)49(54)39(11,12)24-29)30-25-40(13,14)50(55)41(15,16)26-30/h27-30,51-55H,17-26H2,1-16H3. The van der Waals surface area contributed by atoms with Gasteiger partial charge in [0, 0.05) is 74.2 Å². The summed E-state index contributed by atoms with van der Waals surface area (Å²) < 4.78 is 0. The molecule has 322 valence electrons. The molecule has 4 aliphatic heterocycles. The second kappa shape index (κ2) is 14.9. The lowest BCUT2D eigenvalue weighted by atomic mass is 9.74. The number of hydrogen-bond acceptors (Lipinski definition) is 15. The van der Waals surface area contributed by atoms with Crippen molar-refractivity contribution in [2.45, 2.75) is 236 Å². The molecule has 0 saturated carbocycles. The third-order valence-corrected chi connectivity index (χ3v) is 14.2. The minimum Gasteiger partial charge on any atom is -0.396 e. The molecule has 0 bridgehead atoms. The summed E-state index contributed by atoms with van der Waals surface area (Å²) in [5, 5.41) is 62.4. The summed E-state index contributed by atoms with van der Waals surface area (Å²) in [4.78, 5) is 20.8. The van der Waals surface area contributed by atoms with E-state index in [4.69, 9.17) is 15.0 Å². The predicted octanol–water partition coefficient (Wildman–Crippen LogP) is 7.21. The van der Waals surface area contributed by atoms with Gasteiger partial charge < -0.3 is 35.7 Å². The summed E-state index contributed by atoms with van der Waals surface area (Å²) in [5.41, 5.74) is -4.38. The highest BCUT2D eigenvalue weighted by molar-refractivity contribution is 7.99. The Hall–Kier alpha value is -1.40. The van der Waals surface area contributed by atoms with E-state index in [-0.39, 0.29) is 30.8 Å². The Bertz CT molecular complexity index is 1310. The zero-order valence-corrected chi connectivity index (χ0v) is 38.4. The molecule has 15 heteroatoms. The fourth-order valence-electron chi connectivity index (χ4n) is 11.7. The molecule has 5 N–H and O–H groups in total. The molecular formula is C41H77N9O5S. The van der Waals surface area contributed by atoms with Crippen LogP contribution in [0.4, 0.5) is 11.9 Å². The van der Waals surface area contributed by atoms with Crippen LogP contribution in [0.3, 0.4) is 0 Å². The van der Waals surface area contributed by atoms with Gasteiger partial charge in [0.2, 0.25) is 11.9 Å². The van der Waals surface area contributed by atoms with E-state index in [1.165, 1.54) is 32.0 Å². The first kappa shape index (κ1) is 45.7. The molecule has 5 rings (SSSR count). The van der Waals surface area contributed by atoms with Gasteiger partial charge in [-0.3, -0.25) is 0 Å².